The van der Waals surface area contributed by atoms with Gasteiger partial charge in [-0.25, -0.2) is 0 Å². The average molecular weight is 235 g/mol. The largest absolute Gasteiger partial charge is 0.388 e. The van der Waals surface area contributed by atoms with Gasteiger partial charge in [-0.1, -0.05) is 37.3 Å². The van der Waals surface area contributed by atoms with E-state index >= 15 is 0 Å². The molecule has 0 spiro atoms. The van der Waals surface area contributed by atoms with Crippen LogP contribution in [0.5, 0.6) is 0 Å². The fraction of sp³-hybridized carbons (Fsp3) is 0.571. The Labute approximate surface area is 103 Å². The highest BCUT2D eigenvalue weighted by Crippen LogP contribution is 2.22. The monoisotopic (exact) mass is 235 g/mol. The highest BCUT2D eigenvalue weighted by atomic mass is 16.5. The fourth-order valence-electron chi connectivity index (χ4n) is 2.27. The summed E-state index contributed by atoms with van der Waals surface area (Å²) in [5.41, 5.74) is 1.01. The Morgan fingerprint density at radius 1 is 1.24 bits per heavy atom. The Balaban J connectivity index is 1.88. The van der Waals surface area contributed by atoms with E-state index < -0.39 is 0 Å². The second kappa shape index (κ2) is 6.15. The number of hydrogen-bond acceptors (Lipinski definition) is 3. The second-order valence-electron chi connectivity index (χ2n) is 4.75. The Kier molecular flexibility index (Phi) is 4.54. The molecule has 0 saturated carbocycles. The molecule has 0 amide bonds. The number of morpholine rings is 1. The van der Waals surface area contributed by atoms with Crippen LogP contribution in [0.1, 0.15) is 18.6 Å². The lowest BCUT2D eigenvalue weighted by atomic mass is 9.97. The van der Waals surface area contributed by atoms with Crippen LogP contribution in [-0.4, -0.2) is 42.9 Å². The molecule has 3 nitrogen and oxygen atoms in total. The Morgan fingerprint density at radius 2 is 1.88 bits per heavy atom. The smallest absolute Gasteiger partial charge is 0.0827 e. The van der Waals surface area contributed by atoms with Crippen molar-refractivity contribution in [2.75, 3.05) is 32.8 Å². The second-order valence-corrected chi connectivity index (χ2v) is 4.75. The molecular formula is C14H21NO2. The van der Waals surface area contributed by atoms with Crippen molar-refractivity contribution < 1.29 is 9.84 Å². The summed E-state index contributed by atoms with van der Waals surface area (Å²) in [7, 11) is 0. The van der Waals surface area contributed by atoms with E-state index in [2.05, 4.69) is 11.8 Å². The van der Waals surface area contributed by atoms with Gasteiger partial charge in [-0.05, 0) is 11.5 Å². The van der Waals surface area contributed by atoms with Gasteiger partial charge in [0.1, 0.15) is 0 Å². The first-order chi connectivity index (χ1) is 8.27. The lowest BCUT2D eigenvalue weighted by Crippen LogP contribution is -2.39. The van der Waals surface area contributed by atoms with Crippen LogP contribution in [-0.2, 0) is 4.74 Å². The first kappa shape index (κ1) is 12.6. The third kappa shape index (κ3) is 3.53. The summed E-state index contributed by atoms with van der Waals surface area (Å²) in [6.07, 6.45) is -0.376. The van der Waals surface area contributed by atoms with E-state index in [9.17, 15) is 5.11 Å². The van der Waals surface area contributed by atoms with Gasteiger partial charge in [0.15, 0.2) is 0 Å². The van der Waals surface area contributed by atoms with Gasteiger partial charge in [-0.15, -0.1) is 0 Å². The Morgan fingerprint density at radius 3 is 2.53 bits per heavy atom. The minimum absolute atomic E-state index is 0.246. The highest BCUT2D eigenvalue weighted by Gasteiger charge is 2.20. The van der Waals surface area contributed by atoms with Gasteiger partial charge in [0.25, 0.3) is 0 Å². The Bertz CT molecular complexity index is 322. The molecule has 2 rings (SSSR count). The molecule has 0 aromatic heterocycles. The summed E-state index contributed by atoms with van der Waals surface area (Å²) in [5.74, 6) is 0.246. The van der Waals surface area contributed by atoms with Crippen molar-refractivity contribution >= 4 is 0 Å². The van der Waals surface area contributed by atoms with Crippen molar-refractivity contribution in [1.82, 2.24) is 4.90 Å². The molecule has 0 bridgehead atoms. The molecule has 1 aromatic carbocycles. The minimum Gasteiger partial charge on any atom is -0.388 e. The van der Waals surface area contributed by atoms with Gasteiger partial charge < -0.3 is 9.84 Å². The number of rotatable bonds is 4. The number of benzene rings is 1. The third-order valence-corrected chi connectivity index (χ3v) is 3.33. The van der Waals surface area contributed by atoms with E-state index in [4.69, 9.17) is 4.74 Å². The maximum absolute atomic E-state index is 10.3. The van der Waals surface area contributed by atoms with Gasteiger partial charge in [0, 0.05) is 19.6 Å². The molecule has 1 N–H and O–H groups in total. The third-order valence-electron chi connectivity index (χ3n) is 3.33. The van der Waals surface area contributed by atoms with Crippen molar-refractivity contribution in [1.29, 1.82) is 0 Å². The highest BCUT2D eigenvalue weighted by molar-refractivity contribution is 5.17. The summed E-state index contributed by atoms with van der Waals surface area (Å²) < 4.78 is 5.32. The SMILES string of the molecule is CC(CN1CCOCC1)C(O)c1ccccc1. The molecule has 1 aromatic rings. The van der Waals surface area contributed by atoms with Crippen molar-refractivity contribution in [3.05, 3.63) is 35.9 Å². The van der Waals surface area contributed by atoms with Crippen LogP contribution in [0.2, 0.25) is 0 Å². The van der Waals surface area contributed by atoms with Crippen LogP contribution in [0.15, 0.2) is 30.3 Å². The lowest BCUT2D eigenvalue weighted by Gasteiger charge is -2.31. The zero-order valence-corrected chi connectivity index (χ0v) is 10.4. The standard InChI is InChI=1S/C14H21NO2/c1-12(11-15-7-9-17-10-8-15)14(16)13-5-3-2-4-6-13/h2-6,12,14,16H,7-11H2,1H3. The van der Waals surface area contributed by atoms with Gasteiger partial charge in [0.2, 0.25) is 0 Å². The normalized spacial score (nSPS) is 21.1. The van der Waals surface area contributed by atoms with E-state index in [1.54, 1.807) is 0 Å². The molecule has 2 atom stereocenters. The maximum atomic E-state index is 10.3. The van der Waals surface area contributed by atoms with Crippen LogP contribution in [0.4, 0.5) is 0 Å². The Hall–Kier alpha value is -0.900. The van der Waals surface area contributed by atoms with Gasteiger partial charge >= 0.3 is 0 Å². The minimum atomic E-state index is -0.376. The van der Waals surface area contributed by atoms with Crippen LogP contribution in [0.3, 0.4) is 0 Å². The van der Waals surface area contributed by atoms with Crippen LogP contribution in [0, 0.1) is 5.92 Å². The number of nitrogens with zero attached hydrogens (tertiary/aromatic N) is 1. The molecular weight excluding hydrogens is 214 g/mol. The van der Waals surface area contributed by atoms with E-state index in [1.165, 1.54) is 0 Å². The first-order valence-corrected chi connectivity index (χ1v) is 6.30. The van der Waals surface area contributed by atoms with Gasteiger partial charge in [-0.3, -0.25) is 4.90 Å². The quantitative estimate of drug-likeness (QED) is 0.862. The molecule has 0 radical (unpaired) electrons. The molecule has 0 aliphatic carbocycles. The zero-order chi connectivity index (χ0) is 12.1. The summed E-state index contributed by atoms with van der Waals surface area (Å²) in [6.45, 7) is 6.62. The van der Waals surface area contributed by atoms with Crippen LogP contribution in [0.25, 0.3) is 0 Å². The van der Waals surface area contributed by atoms with Crippen LogP contribution < -0.4 is 0 Å². The zero-order valence-electron chi connectivity index (χ0n) is 10.4. The molecule has 2 unspecified atom stereocenters. The summed E-state index contributed by atoms with van der Waals surface area (Å²) in [5, 5.41) is 10.3. The molecule has 1 heterocycles. The lowest BCUT2D eigenvalue weighted by molar-refractivity contribution is 0.0151. The number of ether oxygens (including phenoxy) is 1. The van der Waals surface area contributed by atoms with E-state index in [0.29, 0.717) is 0 Å². The average Bonchev–Trinajstić information content (AvgIpc) is 2.40. The predicted octanol–water partition coefficient (Wildman–Crippen LogP) is 1.69. The predicted molar refractivity (Wildman–Crippen MR) is 67.8 cm³/mol. The van der Waals surface area contributed by atoms with E-state index in [0.717, 1.165) is 38.4 Å². The van der Waals surface area contributed by atoms with Crippen molar-refractivity contribution in [3.63, 3.8) is 0 Å². The molecule has 3 heteroatoms. The summed E-state index contributed by atoms with van der Waals surface area (Å²) in [4.78, 5) is 2.36. The first-order valence-electron chi connectivity index (χ1n) is 6.30. The molecule has 1 aliphatic rings. The molecule has 1 aliphatic heterocycles. The van der Waals surface area contributed by atoms with E-state index in [-0.39, 0.29) is 12.0 Å². The van der Waals surface area contributed by atoms with Crippen molar-refractivity contribution in [3.8, 4) is 0 Å². The molecule has 17 heavy (non-hydrogen) atoms. The summed E-state index contributed by atoms with van der Waals surface area (Å²) in [6, 6.07) is 9.89. The number of aliphatic hydroxyl groups is 1. The molecule has 1 saturated heterocycles. The molecule has 1 fully saturated rings. The van der Waals surface area contributed by atoms with Gasteiger partial charge in [-0.2, -0.15) is 0 Å². The maximum Gasteiger partial charge on any atom is 0.0827 e. The summed E-state index contributed by atoms with van der Waals surface area (Å²) >= 11 is 0. The topological polar surface area (TPSA) is 32.7 Å². The van der Waals surface area contributed by atoms with Crippen molar-refractivity contribution in [2.24, 2.45) is 5.92 Å². The van der Waals surface area contributed by atoms with Crippen molar-refractivity contribution in [2.45, 2.75) is 13.0 Å². The fourth-order valence-corrected chi connectivity index (χ4v) is 2.27. The van der Waals surface area contributed by atoms with E-state index in [1.807, 2.05) is 30.3 Å². The van der Waals surface area contributed by atoms with Crippen LogP contribution >= 0.6 is 0 Å². The number of hydrogen-bond donors (Lipinski definition) is 1. The van der Waals surface area contributed by atoms with Gasteiger partial charge in [0.05, 0.1) is 19.3 Å². The molecule has 94 valence electrons. The number of aliphatic hydroxyl groups excluding tert-OH is 1.